The van der Waals surface area contributed by atoms with E-state index in [1.807, 2.05) is 14.1 Å². The number of rotatable bonds is 2. The van der Waals surface area contributed by atoms with E-state index in [4.69, 9.17) is 0 Å². The van der Waals surface area contributed by atoms with E-state index in [2.05, 4.69) is 4.90 Å². The van der Waals surface area contributed by atoms with E-state index in [9.17, 15) is 5.11 Å². The zero-order chi connectivity index (χ0) is 7.56. The van der Waals surface area contributed by atoms with Gasteiger partial charge in [-0.1, -0.05) is 21.6 Å². The predicted octanol–water partition coefficient (Wildman–Crippen LogP) is 0.672. The van der Waals surface area contributed by atoms with Gasteiger partial charge in [-0.3, -0.25) is 0 Å². The van der Waals surface area contributed by atoms with Gasteiger partial charge >= 0.3 is 0 Å². The van der Waals surface area contributed by atoms with Gasteiger partial charge in [0.05, 0.1) is 11.4 Å². The Morgan fingerprint density at radius 3 is 2.70 bits per heavy atom. The fourth-order valence-corrected chi connectivity index (χ4v) is 3.96. The third-order valence-electron chi connectivity index (χ3n) is 1.40. The first-order valence-corrected chi connectivity index (χ1v) is 5.69. The van der Waals surface area contributed by atoms with Crippen molar-refractivity contribution in [2.45, 2.75) is 11.4 Å². The van der Waals surface area contributed by atoms with E-state index in [-0.39, 0.29) is 6.10 Å². The van der Waals surface area contributed by atoms with Crippen molar-refractivity contribution in [3.8, 4) is 0 Å². The third-order valence-corrected chi connectivity index (χ3v) is 4.29. The highest BCUT2D eigenvalue weighted by Gasteiger charge is 2.26. The Hall–Kier alpha value is 0.620. The number of aliphatic hydroxyl groups excluding tert-OH is 1. The van der Waals surface area contributed by atoms with Crippen molar-refractivity contribution < 1.29 is 5.11 Å². The van der Waals surface area contributed by atoms with Crippen LogP contribution in [0.15, 0.2) is 0 Å². The number of aliphatic hydroxyl groups is 1. The Morgan fingerprint density at radius 1 is 1.60 bits per heavy atom. The van der Waals surface area contributed by atoms with Crippen LogP contribution in [-0.4, -0.2) is 47.8 Å². The van der Waals surface area contributed by atoms with Crippen LogP contribution in [-0.2, 0) is 0 Å². The molecule has 0 aliphatic carbocycles. The first-order valence-electron chi connectivity index (χ1n) is 3.31. The van der Waals surface area contributed by atoms with Crippen molar-refractivity contribution in [2.75, 3.05) is 26.4 Å². The normalized spacial score (nSPS) is 33.6. The van der Waals surface area contributed by atoms with Gasteiger partial charge in [0.1, 0.15) is 0 Å². The summed E-state index contributed by atoms with van der Waals surface area (Å²) in [6, 6.07) is 0. The summed E-state index contributed by atoms with van der Waals surface area (Å²) in [6.07, 6.45) is -0.0996. The molecule has 60 valence electrons. The van der Waals surface area contributed by atoms with E-state index in [1.165, 1.54) is 0 Å². The van der Waals surface area contributed by atoms with Crippen molar-refractivity contribution in [3.05, 3.63) is 0 Å². The molecule has 1 rings (SSSR count). The van der Waals surface area contributed by atoms with Gasteiger partial charge in [-0.25, -0.2) is 0 Å². The quantitative estimate of drug-likeness (QED) is 0.630. The third kappa shape index (κ3) is 2.34. The molecule has 0 saturated carbocycles. The van der Waals surface area contributed by atoms with Crippen molar-refractivity contribution >= 4 is 21.6 Å². The fourth-order valence-electron chi connectivity index (χ4n) is 0.880. The molecule has 10 heavy (non-hydrogen) atoms. The molecule has 0 aromatic heterocycles. The smallest absolute Gasteiger partial charge is 0.0778 e. The molecule has 1 saturated heterocycles. The van der Waals surface area contributed by atoms with Crippen molar-refractivity contribution in [1.29, 1.82) is 0 Å². The monoisotopic (exact) mass is 179 g/mol. The van der Waals surface area contributed by atoms with Gasteiger partial charge in [0.2, 0.25) is 0 Å². The lowest BCUT2D eigenvalue weighted by Gasteiger charge is -2.16. The molecule has 0 unspecified atom stereocenters. The fraction of sp³-hybridized carbons (Fsp3) is 1.00. The molecule has 1 aliphatic rings. The highest BCUT2D eigenvalue weighted by Crippen LogP contribution is 2.37. The summed E-state index contributed by atoms with van der Waals surface area (Å²) in [5, 5.41) is 9.79. The van der Waals surface area contributed by atoms with E-state index < -0.39 is 0 Å². The Morgan fingerprint density at radius 2 is 2.30 bits per heavy atom. The van der Waals surface area contributed by atoms with Crippen LogP contribution < -0.4 is 0 Å². The van der Waals surface area contributed by atoms with E-state index >= 15 is 0 Å². The molecule has 1 heterocycles. The number of nitrogens with zero attached hydrogens (tertiary/aromatic N) is 1. The second-order valence-corrected chi connectivity index (χ2v) is 5.40. The van der Waals surface area contributed by atoms with Crippen LogP contribution in [0.4, 0.5) is 0 Å². The van der Waals surface area contributed by atoms with Crippen LogP contribution in [0.2, 0.25) is 0 Å². The van der Waals surface area contributed by atoms with Gasteiger partial charge in [-0.05, 0) is 14.1 Å². The summed E-state index contributed by atoms with van der Waals surface area (Å²) in [4.78, 5) is 2.12. The van der Waals surface area contributed by atoms with Gasteiger partial charge in [-0.2, -0.15) is 0 Å². The molecule has 0 spiro atoms. The molecule has 4 heteroatoms. The molecular formula is C6H13NOS2. The van der Waals surface area contributed by atoms with Crippen molar-refractivity contribution in [1.82, 2.24) is 4.90 Å². The second kappa shape index (κ2) is 3.85. The minimum Gasteiger partial charge on any atom is -0.391 e. The van der Waals surface area contributed by atoms with Gasteiger partial charge in [0.25, 0.3) is 0 Å². The van der Waals surface area contributed by atoms with E-state index in [1.54, 1.807) is 21.6 Å². The number of hydrogen-bond acceptors (Lipinski definition) is 4. The van der Waals surface area contributed by atoms with Crippen LogP contribution in [0.25, 0.3) is 0 Å². The maximum Gasteiger partial charge on any atom is 0.0778 e. The average molecular weight is 179 g/mol. The largest absolute Gasteiger partial charge is 0.391 e. The topological polar surface area (TPSA) is 23.5 Å². The molecule has 0 aromatic rings. The first kappa shape index (κ1) is 8.71. The zero-order valence-electron chi connectivity index (χ0n) is 6.28. The Kier molecular flexibility index (Phi) is 3.36. The lowest BCUT2D eigenvalue weighted by molar-refractivity contribution is 0.184. The van der Waals surface area contributed by atoms with Crippen molar-refractivity contribution in [2.24, 2.45) is 0 Å². The minimum absolute atomic E-state index is 0.0996. The molecule has 0 bridgehead atoms. The van der Waals surface area contributed by atoms with Gasteiger partial charge in [0, 0.05) is 12.3 Å². The molecule has 0 aromatic carbocycles. The van der Waals surface area contributed by atoms with Crippen molar-refractivity contribution in [3.63, 3.8) is 0 Å². The van der Waals surface area contributed by atoms with Crippen LogP contribution in [0.1, 0.15) is 0 Å². The SMILES string of the molecule is CN(C)C[C@@H]1SSC[C@@H]1O. The molecule has 1 N–H and O–H groups in total. The van der Waals surface area contributed by atoms with Crippen LogP contribution in [0.3, 0.4) is 0 Å². The summed E-state index contributed by atoms with van der Waals surface area (Å²) < 4.78 is 0. The Bertz CT molecular complexity index is 110. The average Bonchev–Trinajstić information content (AvgIpc) is 2.15. The Labute approximate surface area is 69.8 Å². The molecule has 2 atom stereocenters. The van der Waals surface area contributed by atoms with Crippen LogP contribution >= 0.6 is 21.6 Å². The molecule has 1 fully saturated rings. The van der Waals surface area contributed by atoms with Gasteiger partial charge < -0.3 is 10.0 Å². The lowest BCUT2D eigenvalue weighted by atomic mass is 10.2. The summed E-state index contributed by atoms with van der Waals surface area (Å²) in [5.74, 6) is 0.892. The lowest BCUT2D eigenvalue weighted by Crippen LogP contribution is -2.31. The van der Waals surface area contributed by atoms with E-state index in [0.29, 0.717) is 5.25 Å². The highest BCUT2D eigenvalue weighted by atomic mass is 33.1. The highest BCUT2D eigenvalue weighted by molar-refractivity contribution is 8.77. The second-order valence-electron chi connectivity index (χ2n) is 2.75. The molecule has 2 nitrogen and oxygen atoms in total. The summed E-state index contributed by atoms with van der Waals surface area (Å²) in [7, 11) is 7.65. The van der Waals surface area contributed by atoms with E-state index in [0.717, 1.165) is 12.3 Å². The number of hydrogen-bond donors (Lipinski definition) is 1. The summed E-state index contributed by atoms with van der Waals surface area (Å²) >= 11 is 0. The molecule has 0 radical (unpaired) electrons. The maximum atomic E-state index is 9.37. The van der Waals surface area contributed by atoms with Gasteiger partial charge in [-0.15, -0.1) is 0 Å². The van der Waals surface area contributed by atoms with Crippen LogP contribution in [0, 0.1) is 0 Å². The van der Waals surface area contributed by atoms with Crippen LogP contribution in [0.5, 0.6) is 0 Å². The predicted molar refractivity (Wildman–Crippen MR) is 48.4 cm³/mol. The van der Waals surface area contributed by atoms with Gasteiger partial charge in [0.15, 0.2) is 0 Å². The molecule has 0 amide bonds. The summed E-state index contributed by atoms with van der Waals surface area (Å²) in [6.45, 7) is 0.985. The first-order chi connectivity index (χ1) is 4.70. The zero-order valence-corrected chi connectivity index (χ0v) is 7.91. The molecular weight excluding hydrogens is 166 g/mol. The standard InChI is InChI=1S/C6H13NOS2/c1-7(2)3-6-5(8)4-9-10-6/h5-6,8H,3-4H2,1-2H3/t5-,6-/m0/s1. The molecule has 1 aliphatic heterocycles. The Balaban J connectivity index is 2.26. The maximum absolute atomic E-state index is 9.37. The minimum atomic E-state index is -0.0996. The summed E-state index contributed by atoms with van der Waals surface area (Å²) in [5.41, 5.74) is 0.